The highest BCUT2D eigenvalue weighted by molar-refractivity contribution is 5.81. The highest BCUT2D eigenvalue weighted by Crippen LogP contribution is 2.18. The normalized spacial score (nSPS) is 11.5. The Balaban J connectivity index is 1.81. The molecule has 3 rings (SSSR count). The van der Waals surface area contributed by atoms with E-state index < -0.39 is 16.2 Å². The van der Waals surface area contributed by atoms with Gasteiger partial charge in [-0.1, -0.05) is 57.6 Å². The molecule has 0 spiro atoms. The van der Waals surface area contributed by atoms with Crippen molar-refractivity contribution < 1.29 is 4.92 Å². The number of hydrogen-bond donors (Lipinski definition) is 2. The maximum atomic E-state index is 12.5. The molecule has 0 bridgehead atoms. The molecule has 0 amide bonds. The van der Waals surface area contributed by atoms with Crippen LogP contribution in [0.15, 0.2) is 39.0 Å². The van der Waals surface area contributed by atoms with E-state index in [0.717, 1.165) is 19.3 Å². The molecule has 2 N–H and O–H groups in total. The van der Waals surface area contributed by atoms with E-state index in [-0.39, 0.29) is 11.3 Å². The Morgan fingerprint density at radius 2 is 1.91 bits per heavy atom. The largest absolute Gasteiger partial charge is 0.329 e. The first-order valence-corrected chi connectivity index (χ1v) is 11.2. The van der Waals surface area contributed by atoms with Crippen molar-refractivity contribution in [3.63, 3.8) is 0 Å². The van der Waals surface area contributed by atoms with Crippen LogP contribution >= 0.6 is 0 Å². The third-order valence-electron chi connectivity index (χ3n) is 5.45. The number of rotatable bonds is 12. The fourth-order valence-corrected chi connectivity index (χ4v) is 3.65. The number of fused-ring (bicyclic) bond motifs is 1. The zero-order valence-electron chi connectivity index (χ0n) is 18.9. The van der Waals surface area contributed by atoms with Crippen LogP contribution in [0.4, 0.5) is 11.6 Å². The van der Waals surface area contributed by atoms with Crippen LogP contribution in [-0.2, 0) is 13.6 Å². The van der Waals surface area contributed by atoms with Crippen LogP contribution in [0.25, 0.3) is 11.2 Å². The van der Waals surface area contributed by atoms with Gasteiger partial charge in [-0.25, -0.2) is 10.2 Å². The average molecular weight is 456 g/mol. The van der Waals surface area contributed by atoms with Gasteiger partial charge < -0.3 is 4.57 Å². The topological polar surface area (TPSA) is 140 Å². The summed E-state index contributed by atoms with van der Waals surface area (Å²) in [5, 5.41) is 15.1. The van der Waals surface area contributed by atoms with Crippen molar-refractivity contribution in [1.29, 1.82) is 0 Å². The Bertz CT molecular complexity index is 1260. The van der Waals surface area contributed by atoms with Gasteiger partial charge in [-0.3, -0.25) is 24.5 Å². The fraction of sp³-hybridized carbons (Fsp3) is 0.455. The summed E-state index contributed by atoms with van der Waals surface area (Å²) in [6.45, 7) is 2.73. The third-order valence-corrected chi connectivity index (χ3v) is 5.45. The van der Waals surface area contributed by atoms with Gasteiger partial charge >= 0.3 is 5.69 Å². The number of aromatic nitrogens is 4. The highest BCUT2D eigenvalue weighted by Gasteiger charge is 2.17. The molecule has 0 aliphatic heterocycles. The summed E-state index contributed by atoms with van der Waals surface area (Å²) in [6.07, 6.45) is 9.29. The first kappa shape index (κ1) is 23.9. The van der Waals surface area contributed by atoms with Crippen LogP contribution < -0.4 is 16.7 Å². The Morgan fingerprint density at radius 1 is 1.18 bits per heavy atom. The first-order chi connectivity index (χ1) is 15.9. The second kappa shape index (κ2) is 11.2. The number of non-ortho nitro benzene ring substituents is 1. The number of aryl methyl sites for hydroxylation is 2. The lowest BCUT2D eigenvalue weighted by Crippen LogP contribution is -2.29. The summed E-state index contributed by atoms with van der Waals surface area (Å²) < 4.78 is 3.01. The van der Waals surface area contributed by atoms with E-state index in [1.807, 2.05) is 0 Å². The van der Waals surface area contributed by atoms with Crippen LogP contribution in [0, 0.1) is 10.1 Å². The SMILES string of the molecule is CCCCCCCCCn1c(NN=Cc2cccc([N+](=O)[O-])c2)nc2c1c(=O)[nH]c(=O)n2C. The number of anilines is 1. The zero-order valence-corrected chi connectivity index (χ0v) is 18.9. The van der Waals surface area contributed by atoms with E-state index in [4.69, 9.17) is 0 Å². The standard InChI is InChI=1S/C22H29N7O4/c1-3-4-5-6-7-8-9-13-28-18-19(27(2)22(31)25-20(18)30)24-21(28)26-23-15-16-11-10-12-17(14-16)29(32)33/h10-12,14-15H,3-9,13H2,1-2H3,(H,24,26)(H,25,30,31). The van der Waals surface area contributed by atoms with Gasteiger partial charge in [-0.05, 0) is 6.42 Å². The Hall–Kier alpha value is -3.76. The molecule has 33 heavy (non-hydrogen) atoms. The monoisotopic (exact) mass is 455 g/mol. The van der Waals surface area contributed by atoms with E-state index in [1.165, 1.54) is 48.6 Å². The summed E-state index contributed by atoms with van der Waals surface area (Å²) in [4.78, 5) is 41.8. The minimum Gasteiger partial charge on any atom is -0.303 e. The summed E-state index contributed by atoms with van der Waals surface area (Å²) in [7, 11) is 1.54. The predicted molar refractivity (Wildman–Crippen MR) is 128 cm³/mol. The first-order valence-electron chi connectivity index (χ1n) is 11.2. The molecule has 0 aliphatic rings. The molecule has 11 heteroatoms. The van der Waals surface area contributed by atoms with Crippen molar-refractivity contribution >= 4 is 29.0 Å². The minimum absolute atomic E-state index is 0.0355. The highest BCUT2D eigenvalue weighted by atomic mass is 16.6. The van der Waals surface area contributed by atoms with Gasteiger partial charge in [0.15, 0.2) is 11.2 Å². The van der Waals surface area contributed by atoms with Gasteiger partial charge in [0, 0.05) is 31.3 Å². The Labute approximate surface area is 190 Å². The molecular weight excluding hydrogens is 426 g/mol. The lowest BCUT2D eigenvalue weighted by atomic mass is 10.1. The molecule has 0 saturated carbocycles. The van der Waals surface area contributed by atoms with Crippen molar-refractivity contribution in [2.24, 2.45) is 12.1 Å². The van der Waals surface area contributed by atoms with Crippen LogP contribution in [0.1, 0.15) is 57.4 Å². The number of aromatic amines is 1. The van der Waals surface area contributed by atoms with Crippen molar-refractivity contribution in [2.75, 3.05) is 5.43 Å². The molecule has 0 radical (unpaired) electrons. The van der Waals surface area contributed by atoms with Crippen molar-refractivity contribution in [2.45, 2.75) is 58.4 Å². The average Bonchev–Trinajstić information content (AvgIpc) is 3.16. The van der Waals surface area contributed by atoms with Gasteiger partial charge in [0.2, 0.25) is 5.95 Å². The molecule has 0 fully saturated rings. The molecule has 3 aromatic rings. The second-order valence-electron chi connectivity index (χ2n) is 7.92. The third kappa shape index (κ3) is 5.93. The van der Waals surface area contributed by atoms with Crippen molar-refractivity contribution in [1.82, 2.24) is 19.1 Å². The number of H-pyrrole nitrogens is 1. The van der Waals surface area contributed by atoms with E-state index in [9.17, 15) is 19.7 Å². The van der Waals surface area contributed by atoms with Gasteiger partial charge in [0.05, 0.1) is 11.1 Å². The smallest absolute Gasteiger partial charge is 0.303 e. The summed E-state index contributed by atoms with van der Waals surface area (Å²) in [5.41, 5.74) is 2.85. The molecule has 1 aromatic carbocycles. The Morgan fingerprint density at radius 3 is 2.64 bits per heavy atom. The minimum atomic E-state index is -0.542. The van der Waals surface area contributed by atoms with Gasteiger partial charge in [0.1, 0.15) is 0 Å². The molecule has 0 atom stereocenters. The molecule has 176 valence electrons. The quantitative estimate of drug-likeness (QED) is 0.185. The summed E-state index contributed by atoms with van der Waals surface area (Å²) >= 11 is 0. The van der Waals surface area contributed by atoms with E-state index in [0.29, 0.717) is 23.6 Å². The number of nitrogens with zero attached hydrogens (tertiary/aromatic N) is 5. The molecule has 0 unspecified atom stereocenters. The van der Waals surface area contributed by atoms with Crippen molar-refractivity contribution in [3.8, 4) is 0 Å². The number of nitro benzene ring substituents is 1. The molecule has 11 nitrogen and oxygen atoms in total. The van der Waals surface area contributed by atoms with Crippen molar-refractivity contribution in [3.05, 3.63) is 60.8 Å². The van der Waals surface area contributed by atoms with E-state index in [2.05, 4.69) is 27.4 Å². The summed E-state index contributed by atoms with van der Waals surface area (Å²) in [6, 6.07) is 6.07. The van der Waals surface area contributed by atoms with Gasteiger partial charge in [-0.15, -0.1) is 0 Å². The van der Waals surface area contributed by atoms with Gasteiger partial charge in [0.25, 0.3) is 11.2 Å². The molecule has 2 heterocycles. The number of hydrogen-bond acceptors (Lipinski definition) is 7. The number of hydrazone groups is 1. The maximum absolute atomic E-state index is 12.5. The number of benzene rings is 1. The molecule has 0 saturated heterocycles. The van der Waals surface area contributed by atoms with E-state index >= 15 is 0 Å². The zero-order chi connectivity index (χ0) is 23.8. The molecule has 2 aromatic heterocycles. The second-order valence-corrected chi connectivity index (χ2v) is 7.92. The molecular formula is C22H29N7O4. The van der Waals surface area contributed by atoms with Crippen LogP contribution in [0.5, 0.6) is 0 Å². The van der Waals surface area contributed by atoms with Crippen LogP contribution in [-0.4, -0.2) is 30.2 Å². The van der Waals surface area contributed by atoms with Gasteiger partial charge in [-0.2, -0.15) is 10.1 Å². The maximum Gasteiger partial charge on any atom is 0.329 e. The number of unbranched alkanes of at least 4 members (excludes halogenated alkanes) is 6. The fourth-order valence-electron chi connectivity index (χ4n) is 3.65. The predicted octanol–water partition coefficient (Wildman–Crippen LogP) is 3.53. The van der Waals surface area contributed by atoms with Crippen LogP contribution in [0.3, 0.4) is 0 Å². The number of nitro groups is 1. The lowest BCUT2D eigenvalue weighted by molar-refractivity contribution is -0.384. The Kier molecular flexibility index (Phi) is 8.11. The summed E-state index contributed by atoms with van der Waals surface area (Å²) in [5.74, 6) is 0.323. The van der Waals surface area contributed by atoms with E-state index in [1.54, 1.807) is 23.7 Å². The molecule has 0 aliphatic carbocycles. The van der Waals surface area contributed by atoms with Crippen LogP contribution in [0.2, 0.25) is 0 Å². The number of imidazole rings is 1. The lowest BCUT2D eigenvalue weighted by Gasteiger charge is -2.08. The number of nitrogens with one attached hydrogen (secondary N) is 2.